The average Bonchev–Trinajstić information content (AvgIpc) is 3.35. The first-order chi connectivity index (χ1) is 17.7. The van der Waals surface area contributed by atoms with E-state index >= 15 is 0 Å². The van der Waals surface area contributed by atoms with Gasteiger partial charge in [0.05, 0.1) is 11.1 Å². The zero-order valence-electron chi connectivity index (χ0n) is 20.8. The second kappa shape index (κ2) is 11.6. The number of anilines is 2. The second-order valence-corrected chi connectivity index (χ2v) is 9.25. The number of likely N-dealkylation sites (tertiary alicyclic amines) is 1. The molecule has 1 aromatic carbocycles. The predicted octanol–water partition coefficient (Wildman–Crippen LogP) is 5.61. The minimum absolute atomic E-state index is 0.00843. The summed E-state index contributed by atoms with van der Waals surface area (Å²) in [5.41, 5.74) is 0.237. The molecule has 1 unspecified atom stereocenters. The number of alkyl halides is 3. The maximum absolute atomic E-state index is 13.6. The number of rotatable bonds is 9. The fraction of sp³-hybridized carbons (Fsp3) is 0.370. The van der Waals surface area contributed by atoms with Crippen LogP contribution in [-0.2, 0) is 12.7 Å². The summed E-state index contributed by atoms with van der Waals surface area (Å²) >= 11 is 0. The van der Waals surface area contributed by atoms with Gasteiger partial charge in [0.1, 0.15) is 18.2 Å². The van der Waals surface area contributed by atoms with Crippen LogP contribution < -0.4 is 15.4 Å². The highest BCUT2D eigenvalue weighted by atomic mass is 19.4. The van der Waals surface area contributed by atoms with Crippen molar-refractivity contribution in [3.8, 4) is 5.75 Å². The number of benzene rings is 1. The first-order valence-corrected chi connectivity index (χ1v) is 12.2. The third kappa shape index (κ3) is 6.97. The van der Waals surface area contributed by atoms with Gasteiger partial charge in [-0.05, 0) is 75.2 Å². The largest absolute Gasteiger partial charge is 0.492 e. The van der Waals surface area contributed by atoms with Crippen LogP contribution in [-0.4, -0.2) is 46.0 Å². The van der Waals surface area contributed by atoms with Crippen LogP contribution in [0.25, 0.3) is 0 Å². The molecule has 37 heavy (non-hydrogen) atoms. The van der Waals surface area contributed by atoms with E-state index in [-0.39, 0.29) is 29.6 Å². The predicted molar refractivity (Wildman–Crippen MR) is 136 cm³/mol. The van der Waals surface area contributed by atoms with Gasteiger partial charge in [-0.1, -0.05) is 0 Å². The van der Waals surface area contributed by atoms with E-state index in [2.05, 4.69) is 39.3 Å². The van der Waals surface area contributed by atoms with Gasteiger partial charge in [0.2, 0.25) is 0 Å². The van der Waals surface area contributed by atoms with Crippen molar-refractivity contribution in [2.45, 2.75) is 51.5 Å². The molecular formula is C27H30F3N5O2. The summed E-state index contributed by atoms with van der Waals surface area (Å²) in [7, 11) is 0. The minimum Gasteiger partial charge on any atom is -0.492 e. The topological polar surface area (TPSA) is 79.4 Å². The first-order valence-electron chi connectivity index (χ1n) is 12.2. The number of pyridine rings is 2. The van der Waals surface area contributed by atoms with Crippen LogP contribution in [0.5, 0.6) is 5.75 Å². The van der Waals surface area contributed by atoms with Gasteiger partial charge in [0.15, 0.2) is 0 Å². The highest BCUT2D eigenvalue weighted by Crippen LogP contribution is 2.35. The van der Waals surface area contributed by atoms with E-state index in [9.17, 15) is 18.0 Å². The van der Waals surface area contributed by atoms with Gasteiger partial charge in [-0.25, -0.2) is 4.98 Å². The van der Waals surface area contributed by atoms with E-state index < -0.39 is 17.6 Å². The van der Waals surface area contributed by atoms with Crippen molar-refractivity contribution in [1.82, 2.24) is 14.9 Å². The number of aromatic nitrogens is 2. The quantitative estimate of drug-likeness (QED) is 0.387. The van der Waals surface area contributed by atoms with E-state index in [1.165, 1.54) is 12.3 Å². The Morgan fingerprint density at radius 3 is 2.68 bits per heavy atom. The summed E-state index contributed by atoms with van der Waals surface area (Å²) in [5.74, 6) is -0.212. The van der Waals surface area contributed by atoms with E-state index in [1.807, 2.05) is 12.1 Å². The Hall–Kier alpha value is -3.66. The number of amides is 1. The number of hydrogen-bond donors (Lipinski definition) is 2. The van der Waals surface area contributed by atoms with Gasteiger partial charge in [-0.3, -0.25) is 14.7 Å². The Morgan fingerprint density at radius 2 is 1.95 bits per heavy atom. The first kappa shape index (κ1) is 26.4. The van der Waals surface area contributed by atoms with Crippen LogP contribution in [0, 0.1) is 0 Å². The van der Waals surface area contributed by atoms with E-state index in [4.69, 9.17) is 4.74 Å². The molecule has 0 aliphatic carbocycles. The smallest absolute Gasteiger partial charge is 0.416 e. The van der Waals surface area contributed by atoms with E-state index in [0.717, 1.165) is 37.1 Å². The van der Waals surface area contributed by atoms with E-state index in [0.29, 0.717) is 18.4 Å². The standard InChI is InChI=1S/C27H30F3N5O2/c1-18(2)35-12-4-5-22(35)17-37-23-14-20(27(28,29)30)13-21(15-23)34-26(36)24-6-3-9-32-25(24)33-16-19-7-10-31-11-8-19/h3,6-11,13-15,18,22H,4-5,12,16-17H2,1-2H3,(H,32,33)(H,34,36). The van der Waals surface area contributed by atoms with Gasteiger partial charge in [-0.2, -0.15) is 13.2 Å². The number of carbonyl (C=O) groups excluding carboxylic acids is 1. The summed E-state index contributed by atoms with van der Waals surface area (Å²) in [5, 5.41) is 5.68. The van der Waals surface area contributed by atoms with Gasteiger partial charge in [0.25, 0.3) is 5.91 Å². The summed E-state index contributed by atoms with van der Waals surface area (Å²) < 4.78 is 46.7. The third-order valence-electron chi connectivity index (χ3n) is 6.28. The molecule has 2 aromatic heterocycles. The van der Waals surface area contributed by atoms with Gasteiger partial charge in [0, 0.05) is 49.0 Å². The van der Waals surface area contributed by atoms with Crippen molar-refractivity contribution >= 4 is 17.4 Å². The Labute approximate surface area is 214 Å². The van der Waals surface area contributed by atoms with Crippen molar-refractivity contribution in [2.75, 3.05) is 23.8 Å². The molecule has 1 aliphatic rings. The number of nitrogens with zero attached hydrogens (tertiary/aromatic N) is 3. The lowest BCUT2D eigenvalue weighted by Gasteiger charge is -2.28. The van der Waals surface area contributed by atoms with Crippen molar-refractivity contribution in [2.24, 2.45) is 0 Å². The highest BCUT2D eigenvalue weighted by Gasteiger charge is 2.32. The Balaban J connectivity index is 1.51. The molecule has 0 radical (unpaired) electrons. The molecule has 1 amide bonds. The van der Waals surface area contributed by atoms with Gasteiger partial charge < -0.3 is 15.4 Å². The van der Waals surface area contributed by atoms with Crippen molar-refractivity contribution in [3.63, 3.8) is 0 Å². The fourth-order valence-corrected chi connectivity index (χ4v) is 4.44. The molecule has 0 bridgehead atoms. The second-order valence-electron chi connectivity index (χ2n) is 9.25. The fourth-order valence-electron chi connectivity index (χ4n) is 4.44. The molecule has 196 valence electrons. The molecule has 4 rings (SSSR count). The summed E-state index contributed by atoms with van der Waals surface area (Å²) in [6, 6.07) is 10.6. The Bertz CT molecular complexity index is 1200. The van der Waals surface area contributed by atoms with Crippen LogP contribution in [0.2, 0.25) is 0 Å². The molecule has 0 spiro atoms. The zero-order valence-corrected chi connectivity index (χ0v) is 20.8. The summed E-state index contributed by atoms with van der Waals surface area (Å²) in [6.45, 7) is 5.80. The van der Waals surface area contributed by atoms with Crippen molar-refractivity contribution < 1.29 is 22.7 Å². The molecule has 2 N–H and O–H groups in total. The molecule has 1 saturated heterocycles. The van der Waals surface area contributed by atoms with Crippen LogP contribution >= 0.6 is 0 Å². The zero-order chi connectivity index (χ0) is 26.4. The number of carbonyl (C=O) groups is 1. The Morgan fingerprint density at radius 1 is 1.16 bits per heavy atom. The number of halogens is 3. The number of nitrogens with one attached hydrogen (secondary N) is 2. The summed E-state index contributed by atoms with van der Waals surface area (Å²) in [4.78, 5) is 23.6. The van der Waals surface area contributed by atoms with Crippen LogP contribution in [0.4, 0.5) is 24.7 Å². The van der Waals surface area contributed by atoms with E-state index in [1.54, 1.807) is 24.5 Å². The normalized spacial score (nSPS) is 16.1. The van der Waals surface area contributed by atoms with Gasteiger partial charge in [-0.15, -0.1) is 0 Å². The van der Waals surface area contributed by atoms with Crippen LogP contribution in [0.3, 0.4) is 0 Å². The molecule has 1 fully saturated rings. The number of ether oxygens (including phenoxy) is 1. The maximum atomic E-state index is 13.6. The molecule has 1 atom stereocenters. The third-order valence-corrected chi connectivity index (χ3v) is 6.28. The monoisotopic (exact) mass is 513 g/mol. The summed E-state index contributed by atoms with van der Waals surface area (Å²) in [6.07, 6.45) is 2.20. The van der Waals surface area contributed by atoms with Crippen LogP contribution in [0.1, 0.15) is 48.2 Å². The lowest BCUT2D eigenvalue weighted by Crippen LogP contribution is -2.39. The Kier molecular flexibility index (Phi) is 8.27. The molecule has 1 aliphatic heterocycles. The molecule has 7 nitrogen and oxygen atoms in total. The van der Waals surface area contributed by atoms with Crippen molar-refractivity contribution in [1.29, 1.82) is 0 Å². The molecule has 3 heterocycles. The average molecular weight is 514 g/mol. The maximum Gasteiger partial charge on any atom is 0.416 e. The van der Waals surface area contributed by atoms with Crippen molar-refractivity contribution in [3.05, 3.63) is 77.7 Å². The molecule has 3 aromatic rings. The molecule has 0 saturated carbocycles. The highest BCUT2D eigenvalue weighted by molar-refractivity contribution is 6.07. The molecular weight excluding hydrogens is 483 g/mol. The molecule has 10 heteroatoms. The lowest BCUT2D eigenvalue weighted by molar-refractivity contribution is -0.137. The number of hydrogen-bond acceptors (Lipinski definition) is 6. The SMILES string of the molecule is CC(C)N1CCCC1COc1cc(NC(=O)c2cccnc2NCc2ccncc2)cc(C(F)(F)F)c1. The lowest BCUT2D eigenvalue weighted by atomic mass is 10.1. The minimum atomic E-state index is -4.60. The van der Waals surface area contributed by atoms with Crippen LogP contribution in [0.15, 0.2) is 61.1 Å². The van der Waals surface area contributed by atoms with Gasteiger partial charge >= 0.3 is 6.18 Å².